The van der Waals surface area contributed by atoms with E-state index in [1.807, 2.05) is 36.4 Å². The van der Waals surface area contributed by atoms with Gasteiger partial charge >= 0.3 is 0 Å². The summed E-state index contributed by atoms with van der Waals surface area (Å²) >= 11 is 0. The topological polar surface area (TPSA) is 60.0 Å². The first kappa shape index (κ1) is 23.3. The van der Waals surface area contributed by atoms with Crippen LogP contribution in [0.4, 0.5) is 0 Å². The number of carbonyl (C=O) groups is 1. The zero-order chi connectivity index (χ0) is 21.9. The molecular weight excluding hydrogens is 380 g/mol. The van der Waals surface area contributed by atoms with Crippen molar-refractivity contribution in [3.63, 3.8) is 0 Å². The lowest BCUT2D eigenvalue weighted by molar-refractivity contribution is -0.116. The molecule has 6 heteroatoms. The SMILES string of the molecule is CCN(CC)C(CNC(=O)C=Cc1ccc(OC)c(OC)c1)c1cccc(OC)c1. The van der Waals surface area contributed by atoms with Crippen LogP contribution in [-0.4, -0.2) is 51.8 Å². The molecule has 0 aliphatic carbocycles. The van der Waals surface area contributed by atoms with Gasteiger partial charge in [-0.2, -0.15) is 0 Å². The number of nitrogens with zero attached hydrogens (tertiary/aromatic N) is 1. The van der Waals surface area contributed by atoms with E-state index in [9.17, 15) is 4.79 Å². The lowest BCUT2D eigenvalue weighted by atomic mass is 10.0. The molecule has 0 saturated carbocycles. The first-order valence-corrected chi connectivity index (χ1v) is 10.1. The van der Waals surface area contributed by atoms with Crippen LogP contribution in [0.3, 0.4) is 0 Å². The summed E-state index contributed by atoms with van der Waals surface area (Å²) in [5, 5.41) is 3.03. The van der Waals surface area contributed by atoms with Gasteiger partial charge in [-0.1, -0.05) is 32.0 Å². The number of benzene rings is 2. The quantitative estimate of drug-likeness (QED) is 0.567. The maximum Gasteiger partial charge on any atom is 0.244 e. The van der Waals surface area contributed by atoms with Crippen molar-refractivity contribution in [1.29, 1.82) is 0 Å². The summed E-state index contributed by atoms with van der Waals surface area (Å²) in [6.07, 6.45) is 3.29. The summed E-state index contributed by atoms with van der Waals surface area (Å²) in [7, 11) is 4.84. The third-order valence-corrected chi connectivity index (χ3v) is 5.04. The van der Waals surface area contributed by atoms with Crippen molar-refractivity contribution in [2.75, 3.05) is 41.0 Å². The Hall–Kier alpha value is -2.99. The summed E-state index contributed by atoms with van der Waals surface area (Å²) in [6.45, 7) is 6.51. The smallest absolute Gasteiger partial charge is 0.244 e. The van der Waals surface area contributed by atoms with E-state index in [0.717, 1.165) is 30.0 Å². The van der Waals surface area contributed by atoms with Crippen molar-refractivity contribution in [2.45, 2.75) is 19.9 Å². The normalized spacial score (nSPS) is 12.1. The fraction of sp³-hybridized carbons (Fsp3) is 0.375. The molecule has 0 aliphatic heterocycles. The number of hydrogen-bond acceptors (Lipinski definition) is 5. The van der Waals surface area contributed by atoms with E-state index in [4.69, 9.17) is 14.2 Å². The van der Waals surface area contributed by atoms with Crippen molar-refractivity contribution < 1.29 is 19.0 Å². The fourth-order valence-electron chi connectivity index (χ4n) is 3.36. The van der Waals surface area contributed by atoms with Crippen LogP contribution in [0.1, 0.15) is 31.0 Å². The van der Waals surface area contributed by atoms with Crippen LogP contribution in [0.25, 0.3) is 6.08 Å². The molecule has 1 atom stereocenters. The van der Waals surface area contributed by atoms with E-state index in [0.29, 0.717) is 18.0 Å². The molecule has 6 nitrogen and oxygen atoms in total. The van der Waals surface area contributed by atoms with Gasteiger partial charge in [-0.05, 0) is 54.6 Å². The van der Waals surface area contributed by atoms with Crippen LogP contribution >= 0.6 is 0 Å². The first-order chi connectivity index (χ1) is 14.6. The molecule has 0 saturated heterocycles. The van der Waals surface area contributed by atoms with E-state index in [1.54, 1.807) is 27.4 Å². The van der Waals surface area contributed by atoms with Gasteiger partial charge < -0.3 is 19.5 Å². The van der Waals surface area contributed by atoms with Gasteiger partial charge in [0.15, 0.2) is 11.5 Å². The average Bonchev–Trinajstić information content (AvgIpc) is 2.80. The Balaban J connectivity index is 2.09. The first-order valence-electron chi connectivity index (χ1n) is 10.1. The Morgan fingerprint density at radius 1 is 1.00 bits per heavy atom. The second-order valence-corrected chi connectivity index (χ2v) is 6.71. The number of ether oxygens (including phenoxy) is 3. The van der Waals surface area contributed by atoms with E-state index < -0.39 is 0 Å². The minimum absolute atomic E-state index is 0.0635. The zero-order valence-corrected chi connectivity index (χ0v) is 18.5. The third-order valence-electron chi connectivity index (χ3n) is 5.04. The largest absolute Gasteiger partial charge is 0.497 e. The van der Waals surface area contributed by atoms with Gasteiger partial charge in [-0.25, -0.2) is 0 Å². The highest BCUT2D eigenvalue weighted by Crippen LogP contribution is 2.28. The van der Waals surface area contributed by atoms with E-state index in [1.165, 1.54) is 6.08 Å². The Labute approximate surface area is 179 Å². The van der Waals surface area contributed by atoms with Gasteiger partial charge in [-0.3, -0.25) is 9.69 Å². The highest BCUT2D eigenvalue weighted by atomic mass is 16.5. The molecule has 0 spiro atoms. The van der Waals surface area contributed by atoms with Gasteiger partial charge in [-0.15, -0.1) is 0 Å². The molecule has 0 aromatic heterocycles. The monoisotopic (exact) mass is 412 g/mol. The second-order valence-electron chi connectivity index (χ2n) is 6.71. The van der Waals surface area contributed by atoms with Crippen molar-refractivity contribution in [1.82, 2.24) is 10.2 Å². The molecular formula is C24H32N2O4. The molecule has 2 rings (SSSR count). The Bertz CT molecular complexity index is 847. The number of rotatable bonds is 11. The highest BCUT2D eigenvalue weighted by Gasteiger charge is 2.19. The van der Waals surface area contributed by atoms with E-state index in [2.05, 4.69) is 30.1 Å². The summed E-state index contributed by atoms with van der Waals surface area (Å²) in [4.78, 5) is 14.8. The van der Waals surface area contributed by atoms with Crippen molar-refractivity contribution in [3.8, 4) is 17.2 Å². The minimum Gasteiger partial charge on any atom is -0.497 e. The number of likely N-dealkylation sites (N-methyl/N-ethyl adjacent to an activating group) is 1. The number of nitrogens with one attached hydrogen (secondary N) is 1. The standard InChI is InChI=1S/C24H32N2O4/c1-6-26(7-2)21(19-9-8-10-20(16-19)28-3)17-25-24(27)14-12-18-11-13-22(29-4)23(15-18)30-5/h8-16,21H,6-7,17H2,1-5H3,(H,25,27). The van der Waals surface area contributed by atoms with Crippen LogP contribution in [0.2, 0.25) is 0 Å². The highest BCUT2D eigenvalue weighted by molar-refractivity contribution is 5.91. The maximum atomic E-state index is 12.5. The average molecular weight is 413 g/mol. The molecule has 1 N–H and O–H groups in total. The van der Waals surface area contributed by atoms with Crippen molar-refractivity contribution in [2.24, 2.45) is 0 Å². The Morgan fingerprint density at radius 2 is 1.73 bits per heavy atom. The maximum absolute atomic E-state index is 12.5. The summed E-state index contributed by atoms with van der Waals surface area (Å²) in [5.41, 5.74) is 1.97. The fourth-order valence-corrected chi connectivity index (χ4v) is 3.36. The molecule has 0 bridgehead atoms. The van der Waals surface area contributed by atoms with Gasteiger partial charge in [0, 0.05) is 12.6 Å². The molecule has 2 aromatic rings. The van der Waals surface area contributed by atoms with Crippen LogP contribution in [0.5, 0.6) is 17.2 Å². The number of amides is 1. The molecule has 30 heavy (non-hydrogen) atoms. The number of carbonyl (C=O) groups excluding carboxylic acids is 1. The molecule has 0 heterocycles. The van der Waals surface area contributed by atoms with Crippen molar-refractivity contribution >= 4 is 12.0 Å². The summed E-state index contributed by atoms with van der Waals surface area (Å²) in [5.74, 6) is 1.94. The molecule has 1 unspecified atom stereocenters. The molecule has 2 aromatic carbocycles. The van der Waals surface area contributed by atoms with Gasteiger partial charge in [0.2, 0.25) is 5.91 Å². The van der Waals surface area contributed by atoms with Gasteiger partial charge in [0.05, 0.1) is 27.4 Å². The number of methoxy groups -OCH3 is 3. The lowest BCUT2D eigenvalue weighted by Gasteiger charge is -2.30. The van der Waals surface area contributed by atoms with Gasteiger partial charge in [0.25, 0.3) is 0 Å². The van der Waals surface area contributed by atoms with Crippen LogP contribution < -0.4 is 19.5 Å². The molecule has 1 amide bonds. The van der Waals surface area contributed by atoms with Crippen LogP contribution in [0, 0.1) is 0 Å². The molecule has 0 aliphatic rings. The van der Waals surface area contributed by atoms with Crippen LogP contribution in [0.15, 0.2) is 48.5 Å². The lowest BCUT2D eigenvalue weighted by Crippen LogP contribution is -2.37. The minimum atomic E-state index is -0.148. The van der Waals surface area contributed by atoms with E-state index in [-0.39, 0.29) is 11.9 Å². The van der Waals surface area contributed by atoms with Crippen molar-refractivity contribution in [3.05, 3.63) is 59.7 Å². The summed E-state index contributed by atoms with van der Waals surface area (Å²) < 4.78 is 15.9. The van der Waals surface area contributed by atoms with Crippen LogP contribution in [-0.2, 0) is 4.79 Å². The second kappa shape index (κ2) is 11.9. The van der Waals surface area contributed by atoms with E-state index >= 15 is 0 Å². The summed E-state index contributed by atoms with van der Waals surface area (Å²) in [6, 6.07) is 13.6. The predicted octanol–water partition coefficient (Wildman–Crippen LogP) is 3.92. The van der Waals surface area contributed by atoms with Gasteiger partial charge in [0.1, 0.15) is 5.75 Å². The Morgan fingerprint density at radius 3 is 2.37 bits per heavy atom. The molecule has 0 radical (unpaired) electrons. The molecule has 162 valence electrons. The molecule has 0 fully saturated rings. The predicted molar refractivity (Wildman–Crippen MR) is 120 cm³/mol. The zero-order valence-electron chi connectivity index (χ0n) is 18.5. The number of hydrogen-bond donors (Lipinski definition) is 1. The third kappa shape index (κ3) is 6.26. The Kier molecular flexibility index (Phi) is 9.22.